The number of rotatable bonds is 17. The molecule has 1 saturated heterocycles. The number of fused-ring (bicyclic) bond motifs is 2. The fourth-order valence-electron chi connectivity index (χ4n) is 10.9. The van der Waals surface area contributed by atoms with Crippen LogP contribution < -0.4 is 31.9 Å². The number of hydrogen-bond acceptors (Lipinski definition) is 9. The summed E-state index contributed by atoms with van der Waals surface area (Å²) in [5, 5.41) is 18.0. The predicted octanol–water partition coefficient (Wildman–Crippen LogP) is 6.21. The van der Waals surface area contributed by atoms with Crippen molar-refractivity contribution in [1.82, 2.24) is 46.6 Å². The second-order valence-corrected chi connectivity index (χ2v) is 23.4. The molecule has 1 fully saturated rings. The first-order valence-electron chi connectivity index (χ1n) is 27.4. The van der Waals surface area contributed by atoms with Crippen LogP contribution in [0.4, 0.5) is 4.39 Å². The Hall–Kier alpha value is -6.98. The lowest BCUT2D eigenvalue weighted by molar-refractivity contribution is -0.152. The third kappa shape index (κ3) is 13.3. The van der Waals surface area contributed by atoms with Gasteiger partial charge in [0.15, 0.2) is 0 Å². The molecule has 0 saturated carbocycles. The molecule has 0 aromatic heterocycles. The van der Waals surface area contributed by atoms with E-state index >= 15 is 9.18 Å². The van der Waals surface area contributed by atoms with E-state index in [-0.39, 0.29) is 60.9 Å². The van der Waals surface area contributed by atoms with Gasteiger partial charge in [-0.3, -0.25) is 33.6 Å². The Bertz CT molecular complexity index is 2850. The Balaban J connectivity index is 1.16. The van der Waals surface area contributed by atoms with Crippen molar-refractivity contribution >= 4 is 41.4 Å². The smallest absolute Gasteiger partial charge is 0.251 e. The van der Waals surface area contributed by atoms with E-state index in [0.717, 1.165) is 30.4 Å². The molecule has 9 atom stereocenters. The molecule has 4 aromatic rings. The monoisotopic (exact) mass is 1070 g/mol. The number of amides is 7. The quantitative estimate of drug-likeness (QED) is 0.0711. The van der Waals surface area contributed by atoms with Crippen molar-refractivity contribution in [1.29, 1.82) is 0 Å². The minimum absolute atomic E-state index is 0.0127. The number of hydrogen-bond donors (Lipinski definition) is 6. The summed E-state index contributed by atoms with van der Waals surface area (Å²) in [6, 6.07) is 21.5. The van der Waals surface area contributed by atoms with Gasteiger partial charge in [-0.1, -0.05) is 120 Å². The number of likely N-dealkylation sites (N-methyl/N-ethyl adjacent to an activating group) is 2. The molecule has 1 aliphatic carbocycles. The molecule has 0 bridgehead atoms. The fourth-order valence-corrected chi connectivity index (χ4v) is 10.9. The van der Waals surface area contributed by atoms with Crippen LogP contribution in [0.1, 0.15) is 143 Å². The Kier molecular flexibility index (Phi) is 18.6. The lowest BCUT2D eigenvalue weighted by atomic mass is 9.83. The zero-order valence-electron chi connectivity index (χ0n) is 47.2. The molecule has 2 heterocycles. The molecule has 16 nitrogen and oxygen atoms in total. The Morgan fingerprint density at radius 1 is 0.667 bits per heavy atom. The van der Waals surface area contributed by atoms with E-state index in [9.17, 15) is 28.8 Å². The highest BCUT2D eigenvalue weighted by atomic mass is 19.1. The van der Waals surface area contributed by atoms with Crippen molar-refractivity contribution in [2.45, 2.75) is 155 Å². The van der Waals surface area contributed by atoms with Crippen molar-refractivity contribution in [3.05, 3.63) is 142 Å². The van der Waals surface area contributed by atoms with Crippen LogP contribution >= 0.6 is 0 Å². The van der Waals surface area contributed by atoms with E-state index in [1.54, 1.807) is 87.1 Å². The minimum Gasteiger partial charge on any atom is -0.347 e. The molecule has 3 aliphatic rings. The Labute approximate surface area is 459 Å². The van der Waals surface area contributed by atoms with Crippen LogP contribution in [0, 0.1) is 16.6 Å². The number of halogens is 1. The van der Waals surface area contributed by atoms with Gasteiger partial charge in [0.25, 0.3) is 11.8 Å². The van der Waals surface area contributed by atoms with Gasteiger partial charge < -0.3 is 46.6 Å². The zero-order chi connectivity index (χ0) is 56.8. The summed E-state index contributed by atoms with van der Waals surface area (Å²) in [4.78, 5) is 105. The standard InChI is InChI=1S/C61H80FN9O7/c1-36(63-10)53(72)67-51(60(4,5)6)58(77)69-32-31-41-20-13-15-24-46(41)50(69)57(76)70(38(3)44-22-16-17-25-47(44)62)34-39-27-29-42(30-28-39)55(74)65-43-33-49(56(75)66-48-26-18-21-40-19-12-14-23-45(40)48)71(35-43)59(78)52(61(7,8)9)68-54(73)37(2)64-11/h12-17,19-20,22-25,27-30,36-38,43,48-52,63-64H,18,21,26,31-35H2,1-11H3,(H,65,74)(H,66,75)(H,67,72)(H,68,73)/t36-,37-,38+,43-,48+,49-,50-,51?,52+/m0/s1. The van der Waals surface area contributed by atoms with Gasteiger partial charge in [-0.15, -0.1) is 0 Å². The molecule has 418 valence electrons. The van der Waals surface area contributed by atoms with E-state index in [4.69, 9.17) is 0 Å². The van der Waals surface area contributed by atoms with E-state index in [2.05, 4.69) is 38.0 Å². The number of benzene rings is 4. The van der Waals surface area contributed by atoms with Crippen molar-refractivity contribution in [3.8, 4) is 0 Å². The highest BCUT2D eigenvalue weighted by Crippen LogP contribution is 2.38. The van der Waals surface area contributed by atoms with E-state index in [1.807, 2.05) is 84.0 Å². The van der Waals surface area contributed by atoms with Crippen molar-refractivity contribution < 1.29 is 38.0 Å². The van der Waals surface area contributed by atoms with Gasteiger partial charge in [0, 0.05) is 36.8 Å². The van der Waals surface area contributed by atoms with Gasteiger partial charge in [-0.05, 0) is 124 Å². The fraction of sp³-hybridized carbons (Fsp3) is 0.492. The summed E-state index contributed by atoms with van der Waals surface area (Å²) in [5.41, 5.74) is 3.42. The summed E-state index contributed by atoms with van der Waals surface area (Å²) in [5.74, 6) is -3.33. The molecular weight excluding hydrogens is 990 g/mol. The normalized spacial score (nSPS) is 20.2. The van der Waals surface area contributed by atoms with Crippen molar-refractivity contribution in [2.24, 2.45) is 10.8 Å². The molecule has 1 unspecified atom stereocenters. The van der Waals surface area contributed by atoms with Crippen LogP contribution in [-0.2, 0) is 48.2 Å². The maximum Gasteiger partial charge on any atom is 0.251 e. The minimum atomic E-state index is -1.13. The molecule has 78 heavy (non-hydrogen) atoms. The van der Waals surface area contributed by atoms with Gasteiger partial charge in [-0.25, -0.2) is 4.39 Å². The highest BCUT2D eigenvalue weighted by molar-refractivity contribution is 5.97. The summed E-state index contributed by atoms with van der Waals surface area (Å²) in [7, 11) is 3.32. The third-order valence-electron chi connectivity index (χ3n) is 15.8. The van der Waals surface area contributed by atoms with Gasteiger partial charge in [0.05, 0.1) is 24.2 Å². The lowest BCUT2D eigenvalue weighted by Crippen LogP contribution is -2.60. The molecular formula is C61H80FN9O7. The molecule has 0 radical (unpaired) electrons. The number of carbonyl (C=O) groups excluding carboxylic acids is 7. The van der Waals surface area contributed by atoms with Gasteiger partial charge in [-0.2, -0.15) is 0 Å². The summed E-state index contributed by atoms with van der Waals surface area (Å²) >= 11 is 0. The Morgan fingerprint density at radius 2 is 1.21 bits per heavy atom. The van der Waals surface area contributed by atoms with E-state index < -0.39 is 88.6 Å². The summed E-state index contributed by atoms with van der Waals surface area (Å²) in [6.45, 7) is 16.5. The van der Waals surface area contributed by atoms with Crippen LogP contribution in [-0.4, -0.2) is 119 Å². The van der Waals surface area contributed by atoms with E-state index in [1.165, 1.54) is 16.5 Å². The first kappa shape index (κ1) is 58.7. The lowest BCUT2D eigenvalue weighted by Gasteiger charge is -2.43. The van der Waals surface area contributed by atoms with Crippen LogP contribution in [0.2, 0.25) is 0 Å². The maximum absolute atomic E-state index is 15.8. The number of nitrogens with one attached hydrogen (secondary N) is 6. The number of likely N-dealkylation sites (tertiary alicyclic amines) is 1. The van der Waals surface area contributed by atoms with Crippen LogP contribution in [0.5, 0.6) is 0 Å². The third-order valence-corrected chi connectivity index (χ3v) is 15.8. The topological polar surface area (TPSA) is 201 Å². The van der Waals surface area contributed by atoms with Crippen LogP contribution in [0.3, 0.4) is 0 Å². The molecule has 2 aliphatic heterocycles. The van der Waals surface area contributed by atoms with E-state index in [0.29, 0.717) is 17.5 Å². The molecule has 4 aromatic carbocycles. The SMILES string of the molecule is CN[C@@H](C)C(=O)NC(C(=O)N1CCc2ccccc2[C@H]1C(=O)N(Cc1ccc(C(=O)N[C@H]2C[C@@H](C(=O)N[C@@H]3CCCc4ccccc43)N(C(=O)[C@@H](NC(=O)[C@H](C)NC)C(C)(C)C)C2)cc1)[C@H](C)c1ccccc1F)C(C)(C)C. The highest BCUT2D eigenvalue weighted by Gasteiger charge is 2.47. The molecule has 17 heteroatoms. The zero-order valence-corrected chi connectivity index (χ0v) is 47.2. The van der Waals surface area contributed by atoms with Crippen molar-refractivity contribution in [3.63, 3.8) is 0 Å². The number of aryl methyl sites for hydroxylation is 1. The Morgan fingerprint density at radius 3 is 1.78 bits per heavy atom. The van der Waals surface area contributed by atoms with Gasteiger partial charge in [0.1, 0.15) is 30.0 Å². The summed E-state index contributed by atoms with van der Waals surface area (Å²) < 4.78 is 15.8. The van der Waals surface area contributed by atoms with Crippen LogP contribution in [0.25, 0.3) is 0 Å². The number of nitrogens with zero attached hydrogens (tertiary/aromatic N) is 3. The molecule has 0 spiro atoms. The second kappa shape index (κ2) is 24.8. The largest absolute Gasteiger partial charge is 0.347 e. The predicted molar refractivity (Wildman–Crippen MR) is 298 cm³/mol. The van der Waals surface area contributed by atoms with Crippen LogP contribution in [0.15, 0.2) is 97.1 Å². The second-order valence-electron chi connectivity index (χ2n) is 23.4. The average molecular weight is 1070 g/mol. The average Bonchev–Trinajstić information content (AvgIpc) is 4.01. The van der Waals surface area contributed by atoms with Gasteiger partial charge in [0.2, 0.25) is 29.5 Å². The molecule has 7 rings (SSSR count). The van der Waals surface area contributed by atoms with Gasteiger partial charge >= 0.3 is 0 Å². The first-order valence-corrected chi connectivity index (χ1v) is 27.4. The maximum atomic E-state index is 15.8. The number of carbonyl (C=O) groups is 7. The van der Waals surface area contributed by atoms with Crippen molar-refractivity contribution in [2.75, 3.05) is 27.2 Å². The first-order chi connectivity index (χ1) is 36.9. The molecule has 6 N–H and O–H groups in total. The summed E-state index contributed by atoms with van der Waals surface area (Å²) in [6.07, 6.45) is 3.12. The molecule has 7 amide bonds.